The summed E-state index contributed by atoms with van der Waals surface area (Å²) in [6.45, 7) is 4.11. The van der Waals surface area contributed by atoms with E-state index in [1.807, 2.05) is 0 Å². The van der Waals surface area contributed by atoms with Gasteiger partial charge < -0.3 is 16.8 Å². The molecule has 0 aromatic rings. The molecule has 0 atom stereocenters. The molecule has 0 bridgehead atoms. The molecular weight excluding hydrogens is 242 g/mol. The molecule has 0 saturated heterocycles. The summed E-state index contributed by atoms with van der Waals surface area (Å²) in [6.07, 6.45) is 15.9. The number of nitrogens with one attached hydrogen (secondary N) is 1. The van der Waals surface area contributed by atoms with Crippen LogP contribution in [-0.2, 0) is 0 Å². The highest BCUT2D eigenvalue weighted by Crippen LogP contribution is 2.05. The third-order valence-electron chi connectivity index (χ3n) is 3.62. The van der Waals surface area contributed by atoms with Crippen molar-refractivity contribution in [1.29, 1.82) is 0 Å². The molecule has 5 N–H and O–H groups in total. The van der Waals surface area contributed by atoms with E-state index < -0.39 is 0 Å². The standard InChI is InChI=1S/C16H37N3/c17-13-9-5-1-3-7-11-15-19-16-12-8-4-2-6-10-14-18/h19H,1-18H2/i13+2,14+2,15+2,16+2. The Balaban J connectivity index is 2.88. The van der Waals surface area contributed by atoms with E-state index in [9.17, 15) is 0 Å². The molecule has 0 amide bonds. The first-order chi connectivity index (χ1) is 9.41. The Morgan fingerprint density at radius 2 is 0.895 bits per heavy atom. The molecule has 0 aromatic heterocycles. The fraction of sp³-hybridized carbons (Fsp3) is 1.00. The number of nitrogens with two attached hydrogens (primary N) is 2. The third kappa shape index (κ3) is 17.9. The average Bonchev–Trinajstić information content (AvgIpc) is 2.43. The van der Waals surface area contributed by atoms with E-state index >= 15 is 0 Å². The maximum Gasteiger partial charge on any atom is -0.00489 e. The van der Waals surface area contributed by atoms with Gasteiger partial charge in [-0.05, 0) is 51.9 Å². The van der Waals surface area contributed by atoms with Gasteiger partial charge in [0.05, 0.1) is 0 Å². The molecule has 0 aromatic carbocycles. The van der Waals surface area contributed by atoms with Gasteiger partial charge in [-0.1, -0.05) is 51.4 Å². The van der Waals surface area contributed by atoms with Crippen molar-refractivity contribution in [2.24, 2.45) is 11.5 Å². The first-order valence-corrected chi connectivity index (χ1v) is 8.52. The molecule has 0 aliphatic heterocycles. The molecule has 0 radical (unpaired) electrons. The van der Waals surface area contributed by atoms with E-state index in [0.29, 0.717) is 0 Å². The second-order valence-corrected chi connectivity index (χ2v) is 5.57. The minimum absolute atomic E-state index is 0.855. The Morgan fingerprint density at radius 1 is 0.526 bits per heavy atom. The zero-order valence-corrected chi connectivity index (χ0v) is 13.0. The molecule has 0 rings (SSSR count). The van der Waals surface area contributed by atoms with Crippen molar-refractivity contribution in [1.82, 2.24) is 5.32 Å². The summed E-state index contributed by atoms with van der Waals surface area (Å²) in [5.41, 5.74) is 10.9. The highest BCUT2D eigenvalue weighted by Gasteiger charge is 1.93. The Kier molecular flexibility index (Phi) is 17.8. The average molecular weight is 279 g/mol. The van der Waals surface area contributed by atoms with E-state index in [1.165, 1.54) is 90.1 Å². The van der Waals surface area contributed by atoms with Gasteiger partial charge in [-0.15, -0.1) is 0 Å². The van der Waals surface area contributed by atoms with Gasteiger partial charge in [-0.25, -0.2) is 0 Å². The van der Waals surface area contributed by atoms with Crippen LogP contribution in [0.5, 0.6) is 0 Å². The van der Waals surface area contributed by atoms with Crippen LogP contribution in [0.3, 0.4) is 0 Å². The van der Waals surface area contributed by atoms with Crippen molar-refractivity contribution >= 4 is 0 Å². The first kappa shape index (κ1) is 18.9. The molecule has 0 fully saturated rings. The molecule has 19 heavy (non-hydrogen) atoms. The first-order valence-electron chi connectivity index (χ1n) is 8.52. The lowest BCUT2D eigenvalue weighted by atomic mass is 10.2. The molecule has 0 saturated carbocycles. The number of hydrogen-bond acceptors (Lipinski definition) is 3. The SMILES string of the molecule is N[14CH2]CCCCCC[14CH2]N[14CH2]CCCCCC[14CH2]N. The van der Waals surface area contributed by atoms with Gasteiger partial charge in [0, 0.05) is 0 Å². The van der Waals surface area contributed by atoms with Crippen LogP contribution in [0.4, 0.5) is 0 Å². The molecular formula is C16H37N3. The molecule has 0 aliphatic rings. The highest BCUT2D eigenvalue weighted by atomic mass is 15.6. The van der Waals surface area contributed by atoms with Gasteiger partial charge in [0.25, 0.3) is 0 Å². The maximum atomic E-state index is 5.47. The van der Waals surface area contributed by atoms with Gasteiger partial charge in [-0.2, -0.15) is 0 Å². The number of hydrogen-bond donors (Lipinski definition) is 3. The Hall–Kier alpha value is -0.120. The summed E-state index contributed by atoms with van der Waals surface area (Å²) < 4.78 is 0. The van der Waals surface area contributed by atoms with Gasteiger partial charge >= 0.3 is 0 Å². The van der Waals surface area contributed by atoms with Crippen molar-refractivity contribution in [3.63, 3.8) is 0 Å². The van der Waals surface area contributed by atoms with Crippen molar-refractivity contribution in [2.75, 3.05) is 26.2 Å². The second kappa shape index (κ2) is 17.9. The molecule has 0 spiro atoms. The molecule has 3 heteroatoms. The van der Waals surface area contributed by atoms with Crippen LogP contribution in [-0.4, -0.2) is 26.2 Å². The molecule has 0 unspecified atom stereocenters. The van der Waals surface area contributed by atoms with E-state index in [1.54, 1.807) is 0 Å². The van der Waals surface area contributed by atoms with Crippen molar-refractivity contribution in [3.05, 3.63) is 0 Å². The zero-order chi connectivity index (χ0) is 14.0. The smallest absolute Gasteiger partial charge is 0.00489 e. The van der Waals surface area contributed by atoms with Crippen LogP contribution in [0.25, 0.3) is 0 Å². The molecule has 0 aliphatic carbocycles. The van der Waals surface area contributed by atoms with Crippen molar-refractivity contribution < 1.29 is 0 Å². The molecule has 3 nitrogen and oxygen atoms in total. The van der Waals surface area contributed by atoms with Crippen LogP contribution in [0.1, 0.15) is 77.0 Å². The normalized spacial score (nSPS) is 11.1. The van der Waals surface area contributed by atoms with Gasteiger partial charge in [-0.3, -0.25) is 0 Å². The summed E-state index contributed by atoms with van der Waals surface area (Å²) in [5, 5.41) is 3.55. The summed E-state index contributed by atoms with van der Waals surface area (Å²) >= 11 is 0. The highest BCUT2D eigenvalue weighted by molar-refractivity contribution is 4.52. The van der Waals surface area contributed by atoms with E-state index in [4.69, 9.17) is 11.5 Å². The predicted octanol–water partition coefficient (Wildman–Crippen LogP) is 3.17. The van der Waals surface area contributed by atoms with Crippen LogP contribution in [0.2, 0.25) is 0 Å². The van der Waals surface area contributed by atoms with E-state index in [0.717, 1.165) is 13.1 Å². The Labute approximate surface area is 120 Å². The minimum atomic E-state index is 0.855. The fourth-order valence-corrected chi connectivity index (χ4v) is 2.33. The Morgan fingerprint density at radius 3 is 1.26 bits per heavy atom. The quantitative estimate of drug-likeness (QED) is 0.380. The summed E-state index contributed by atoms with van der Waals surface area (Å²) in [5.74, 6) is 0. The van der Waals surface area contributed by atoms with Gasteiger partial charge in [0.15, 0.2) is 0 Å². The van der Waals surface area contributed by atoms with E-state index in [2.05, 4.69) is 5.32 Å². The predicted molar refractivity (Wildman–Crippen MR) is 86.4 cm³/mol. The number of unbranched alkanes of at least 4 members (excludes halogenated alkanes) is 10. The molecule has 0 heterocycles. The summed E-state index contributed by atoms with van der Waals surface area (Å²) in [6, 6.07) is 0. The third-order valence-corrected chi connectivity index (χ3v) is 3.62. The fourth-order valence-electron chi connectivity index (χ4n) is 2.33. The summed E-state index contributed by atoms with van der Waals surface area (Å²) in [7, 11) is 0. The van der Waals surface area contributed by atoms with Crippen LogP contribution >= 0.6 is 0 Å². The number of rotatable bonds is 16. The minimum Gasteiger partial charge on any atom is -0.330 e. The van der Waals surface area contributed by atoms with Crippen molar-refractivity contribution in [3.8, 4) is 0 Å². The Bertz CT molecular complexity index is 135. The van der Waals surface area contributed by atoms with Crippen LogP contribution in [0, 0.1) is 0 Å². The van der Waals surface area contributed by atoms with Crippen molar-refractivity contribution in [2.45, 2.75) is 77.0 Å². The summed E-state index contributed by atoms with van der Waals surface area (Å²) in [4.78, 5) is 0. The van der Waals surface area contributed by atoms with Gasteiger partial charge in [0.2, 0.25) is 0 Å². The lowest BCUT2D eigenvalue weighted by Crippen LogP contribution is -2.16. The van der Waals surface area contributed by atoms with Crippen LogP contribution in [0.15, 0.2) is 0 Å². The topological polar surface area (TPSA) is 64.1 Å². The van der Waals surface area contributed by atoms with E-state index in [-0.39, 0.29) is 0 Å². The largest absolute Gasteiger partial charge is 0.330 e. The second-order valence-electron chi connectivity index (χ2n) is 5.57. The van der Waals surface area contributed by atoms with Gasteiger partial charge in [0.1, 0.15) is 0 Å². The maximum absolute atomic E-state index is 5.47. The molecule has 116 valence electrons. The zero-order valence-electron chi connectivity index (χ0n) is 13.0. The monoisotopic (exact) mass is 279 g/mol. The lowest BCUT2D eigenvalue weighted by molar-refractivity contribution is 0.540. The van der Waals surface area contributed by atoms with Crippen LogP contribution < -0.4 is 16.8 Å². The lowest BCUT2D eigenvalue weighted by Gasteiger charge is -2.05.